The molecule has 1 heterocycles. The number of likely N-dealkylation sites (tertiary alicyclic amines) is 1. The monoisotopic (exact) mass is 502 g/mol. The second kappa shape index (κ2) is 14.2. The van der Waals surface area contributed by atoms with Gasteiger partial charge in [0.05, 0.1) is 12.7 Å². The molecule has 0 spiro atoms. The molecular formula is C22H39IN4O. The van der Waals surface area contributed by atoms with Gasteiger partial charge in [-0.15, -0.1) is 24.0 Å². The van der Waals surface area contributed by atoms with Gasteiger partial charge in [-0.1, -0.05) is 31.2 Å². The highest BCUT2D eigenvalue weighted by molar-refractivity contribution is 14.0. The molecule has 0 amide bonds. The molecular weight excluding hydrogens is 463 g/mol. The topological polar surface area (TPSA) is 48.9 Å². The zero-order chi connectivity index (χ0) is 19.5. The van der Waals surface area contributed by atoms with E-state index in [0.29, 0.717) is 6.61 Å². The lowest BCUT2D eigenvalue weighted by molar-refractivity contribution is 0.0657. The molecule has 0 bridgehead atoms. The molecule has 6 heteroatoms. The predicted octanol–water partition coefficient (Wildman–Crippen LogP) is 4.02. The van der Waals surface area contributed by atoms with Crippen LogP contribution in [0.15, 0.2) is 29.3 Å². The van der Waals surface area contributed by atoms with Gasteiger partial charge >= 0.3 is 0 Å². The summed E-state index contributed by atoms with van der Waals surface area (Å²) in [4.78, 5) is 6.92. The molecule has 1 aliphatic rings. The maximum Gasteiger partial charge on any atom is 0.191 e. The van der Waals surface area contributed by atoms with Gasteiger partial charge in [0.15, 0.2) is 5.96 Å². The third kappa shape index (κ3) is 10.1. The summed E-state index contributed by atoms with van der Waals surface area (Å²) >= 11 is 0. The highest BCUT2D eigenvalue weighted by Gasteiger charge is 2.14. The van der Waals surface area contributed by atoms with Crippen molar-refractivity contribution in [1.82, 2.24) is 15.5 Å². The maximum atomic E-state index is 5.69. The van der Waals surface area contributed by atoms with Crippen LogP contribution in [0, 0.1) is 5.92 Å². The molecule has 1 saturated heterocycles. The lowest BCUT2D eigenvalue weighted by atomic mass is 9.99. The summed E-state index contributed by atoms with van der Waals surface area (Å²) in [5, 5.41) is 6.84. The summed E-state index contributed by atoms with van der Waals surface area (Å²) in [5.74, 6) is 1.77. The molecule has 0 saturated carbocycles. The number of hydrogen-bond acceptors (Lipinski definition) is 3. The van der Waals surface area contributed by atoms with Crippen molar-refractivity contribution in [2.75, 3.05) is 33.2 Å². The minimum atomic E-state index is 0. The lowest BCUT2D eigenvalue weighted by Gasteiger charge is -2.30. The quantitative estimate of drug-likeness (QED) is 0.232. The van der Waals surface area contributed by atoms with E-state index in [1.807, 2.05) is 7.05 Å². The minimum Gasteiger partial charge on any atom is -0.374 e. The number of hydrogen-bond donors (Lipinski definition) is 2. The van der Waals surface area contributed by atoms with Crippen LogP contribution in [0.5, 0.6) is 0 Å². The van der Waals surface area contributed by atoms with Crippen LogP contribution in [0.25, 0.3) is 0 Å². The van der Waals surface area contributed by atoms with Crippen LogP contribution < -0.4 is 10.6 Å². The molecule has 160 valence electrons. The molecule has 0 aliphatic carbocycles. The Morgan fingerprint density at radius 1 is 1.21 bits per heavy atom. The largest absolute Gasteiger partial charge is 0.374 e. The number of halogens is 1. The molecule has 2 N–H and O–H groups in total. The zero-order valence-corrected chi connectivity index (χ0v) is 20.4. The number of benzene rings is 1. The second-order valence-electron chi connectivity index (χ2n) is 7.91. The number of nitrogens with one attached hydrogen (secondary N) is 2. The van der Waals surface area contributed by atoms with Crippen molar-refractivity contribution >= 4 is 29.9 Å². The van der Waals surface area contributed by atoms with E-state index in [1.165, 1.54) is 43.6 Å². The van der Waals surface area contributed by atoms with Gasteiger partial charge in [-0.25, -0.2) is 0 Å². The minimum absolute atomic E-state index is 0. The van der Waals surface area contributed by atoms with Crippen LogP contribution in [0.4, 0.5) is 0 Å². The molecule has 1 fully saturated rings. The maximum absolute atomic E-state index is 5.69. The fourth-order valence-corrected chi connectivity index (χ4v) is 3.29. The molecule has 1 aromatic rings. The van der Waals surface area contributed by atoms with E-state index < -0.39 is 0 Å². The summed E-state index contributed by atoms with van der Waals surface area (Å²) in [6, 6.07) is 8.53. The van der Waals surface area contributed by atoms with Crippen molar-refractivity contribution in [2.24, 2.45) is 10.9 Å². The first-order chi connectivity index (χ1) is 13.1. The predicted molar refractivity (Wildman–Crippen MR) is 129 cm³/mol. The third-order valence-corrected chi connectivity index (χ3v) is 5.08. The van der Waals surface area contributed by atoms with Gasteiger partial charge in [-0.3, -0.25) is 4.99 Å². The number of guanidine groups is 1. The summed E-state index contributed by atoms with van der Waals surface area (Å²) in [6.45, 7) is 12.5. The SMILES string of the molecule is CN=C(NCCCN1CCC(C)CC1)NCc1cccc(COC(C)C)c1.I. The molecule has 0 aromatic heterocycles. The molecule has 0 atom stereocenters. The van der Waals surface area contributed by atoms with Crippen molar-refractivity contribution in [3.63, 3.8) is 0 Å². The standard InChI is InChI=1S/C22H38N4O.HI/c1-18(2)27-17-21-8-5-7-20(15-21)16-25-22(23-4)24-11-6-12-26-13-9-19(3)10-14-26;/h5,7-8,15,18-19H,6,9-14,16-17H2,1-4H3,(H2,23,24,25);1H. The highest BCUT2D eigenvalue weighted by atomic mass is 127. The average molecular weight is 502 g/mol. The van der Waals surface area contributed by atoms with E-state index in [0.717, 1.165) is 31.4 Å². The van der Waals surface area contributed by atoms with Gasteiger partial charge in [-0.05, 0) is 69.8 Å². The molecule has 1 aromatic carbocycles. The van der Waals surface area contributed by atoms with Crippen LogP contribution in [-0.2, 0) is 17.9 Å². The first-order valence-corrected chi connectivity index (χ1v) is 10.4. The Morgan fingerprint density at radius 3 is 2.61 bits per heavy atom. The fourth-order valence-electron chi connectivity index (χ4n) is 3.29. The van der Waals surface area contributed by atoms with E-state index in [2.05, 4.69) is 65.6 Å². The molecule has 28 heavy (non-hydrogen) atoms. The average Bonchev–Trinajstić information content (AvgIpc) is 2.67. The Hall–Kier alpha value is -0.860. The normalized spacial score (nSPS) is 16.1. The van der Waals surface area contributed by atoms with Crippen LogP contribution in [0.1, 0.15) is 51.2 Å². The summed E-state index contributed by atoms with van der Waals surface area (Å²) < 4.78 is 5.69. The number of aliphatic imine (C=N–C) groups is 1. The van der Waals surface area contributed by atoms with Gasteiger partial charge < -0.3 is 20.3 Å². The summed E-state index contributed by atoms with van der Waals surface area (Å²) in [6.07, 6.45) is 4.09. The number of piperidine rings is 1. The first-order valence-electron chi connectivity index (χ1n) is 10.4. The van der Waals surface area contributed by atoms with Crippen molar-refractivity contribution in [3.05, 3.63) is 35.4 Å². The van der Waals surface area contributed by atoms with Crippen LogP contribution in [-0.4, -0.2) is 50.2 Å². The highest BCUT2D eigenvalue weighted by Crippen LogP contribution is 2.15. The van der Waals surface area contributed by atoms with Crippen LogP contribution >= 0.6 is 24.0 Å². The Morgan fingerprint density at radius 2 is 1.93 bits per heavy atom. The van der Waals surface area contributed by atoms with Crippen molar-refractivity contribution < 1.29 is 4.74 Å². The summed E-state index contributed by atoms with van der Waals surface area (Å²) in [5.41, 5.74) is 2.45. The van der Waals surface area contributed by atoms with Gasteiger partial charge in [0.2, 0.25) is 0 Å². The van der Waals surface area contributed by atoms with Crippen LogP contribution in [0.3, 0.4) is 0 Å². The molecule has 0 radical (unpaired) electrons. The van der Waals surface area contributed by atoms with Gasteiger partial charge in [-0.2, -0.15) is 0 Å². The summed E-state index contributed by atoms with van der Waals surface area (Å²) in [7, 11) is 1.83. The second-order valence-corrected chi connectivity index (χ2v) is 7.91. The fraction of sp³-hybridized carbons (Fsp3) is 0.682. The Kier molecular flexibility index (Phi) is 12.7. The number of rotatable bonds is 9. The molecule has 5 nitrogen and oxygen atoms in total. The van der Waals surface area contributed by atoms with Crippen molar-refractivity contribution in [1.29, 1.82) is 0 Å². The Bertz CT molecular complexity index is 571. The van der Waals surface area contributed by atoms with Crippen LogP contribution in [0.2, 0.25) is 0 Å². The van der Waals surface area contributed by atoms with Crippen molar-refractivity contribution in [2.45, 2.75) is 59.3 Å². The van der Waals surface area contributed by atoms with Crippen molar-refractivity contribution in [3.8, 4) is 0 Å². The van der Waals surface area contributed by atoms with E-state index in [-0.39, 0.29) is 30.1 Å². The molecule has 0 unspecified atom stereocenters. The van der Waals surface area contributed by atoms with Gasteiger partial charge in [0.25, 0.3) is 0 Å². The van der Waals surface area contributed by atoms with E-state index in [9.17, 15) is 0 Å². The molecule has 1 aliphatic heterocycles. The molecule has 2 rings (SSSR count). The lowest BCUT2D eigenvalue weighted by Crippen LogP contribution is -2.39. The van der Waals surface area contributed by atoms with E-state index in [1.54, 1.807) is 0 Å². The zero-order valence-electron chi connectivity index (χ0n) is 18.0. The Balaban J connectivity index is 0.00000392. The van der Waals surface area contributed by atoms with E-state index >= 15 is 0 Å². The van der Waals surface area contributed by atoms with Gasteiger partial charge in [0.1, 0.15) is 0 Å². The number of ether oxygens (including phenoxy) is 1. The third-order valence-electron chi connectivity index (χ3n) is 5.08. The van der Waals surface area contributed by atoms with Gasteiger partial charge in [0, 0.05) is 20.1 Å². The first kappa shape index (κ1) is 25.2. The number of nitrogens with zero attached hydrogens (tertiary/aromatic N) is 2. The van der Waals surface area contributed by atoms with E-state index in [4.69, 9.17) is 4.74 Å². The smallest absolute Gasteiger partial charge is 0.191 e. The Labute approximate surface area is 188 Å².